The molecule has 0 aromatic carbocycles. The van der Waals surface area contributed by atoms with Crippen molar-refractivity contribution in [1.82, 2.24) is 5.32 Å². The summed E-state index contributed by atoms with van der Waals surface area (Å²) >= 11 is 0. The van der Waals surface area contributed by atoms with E-state index in [1.807, 2.05) is 0 Å². The summed E-state index contributed by atoms with van der Waals surface area (Å²) in [6.07, 6.45) is 10.2. The maximum Gasteiger partial charge on any atom is 0.0774 e. The van der Waals surface area contributed by atoms with Crippen LogP contribution in [0.4, 0.5) is 0 Å². The van der Waals surface area contributed by atoms with Gasteiger partial charge < -0.3 is 10.4 Å². The standard InChI is InChI=1S/C15H27NO/c1-11-3-2-8-15(17,9-11)10-16-14(12-4-5-12)13-6-7-13/h11-14,16-17H,2-10H2,1H3. The van der Waals surface area contributed by atoms with Crippen LogP contribution in [0.3, 0.4) is 0 Å². The molecule has 98 valence electrons. The zero-order valence-corrected chi connectivity index (χ0v) is 11.1. The summed E-state index contributed by atoms with van der Waals surface area (Å²) in [6, 6.07) is 0.733. The zero-order valence-electron chi connectivity index (χ0n) is 11.1. The number of nitrogens with one attached hydrogen (secondary N) is 1. The van der Waals surface area contributed by atoms with Gasteiger partial charge in [-0.2, -0.15) is 0 Å². The normalized spacial score (nSPS) is 38.6. The summed E-state index contributed by atoms with van der Waals surface area (Å²) in [5.41, 5.74) is -0.403. The Morgan fingerprint density at radius 3 is 2.35 bits per heavy atom. The maximum atomic E-state index is 10.6. The minimum absolute atomic E-state index is 0.403. The summed E-state index contributed by atoms with van der Waals surface area (Å²) in [5, 5.41) is 14.4. The van der Waals surface area contributed by atoms with Crippen LogP contribution in [0.2, 0.25) is 0 Å². The van der Waals surface area contributed by atoms with E-state index in [9.17, 15) is 5.11 Å². The Labute approximate surface area is 105 Å². The Hall–Kier alpha value is -0.0800. The molecule has 2 atom stereocenters. The molecule has 0 aromatic rings. The van der Waals surface area contributed by atoms with Crippen LogP contribution in [0.5, 0.6) is 0 Å². The molecular formula is C15H27NO. The molecule has 0 aliphatic heterocycles. The highest BCUT2D eigenvalue weighted by Crippen LogP contribution is 2.44. The predicted molar refractivity (Wildman–Crippen MR) is 69.8 cm³/mol. The molecule has 0 bridgehead atoms. The molecule has 0 aromatic heterocycles. The van der Waals surface area contributed by atoms with Crippen LogP contribution in [0.25, 0.3) is 0 Å². The van der Waals surface area contributed by atoms with Gasteiger partial charge in [0.15, 0.2) is 0 Å². The topological polar surface area (TPSA) is 32.3 Å². The van der Waals surface area contributed by atoms with Gasteiger partial charge in [-0.1, -0.05) is 19.8 Å². The van der Waals surface area contributed by atoms with E-state index in [0.717, 1.165) is 37.3 Å². The summed E-state index contributed by atoms with van der Waals surface area (Å²) < 4.78 is 0. The molecule has 3 rings (SSSR count). The van der Waals surface area contributed by atoms with Crippen molar-refractivity contribution in [3.8, 4) is 0 Å². The number of aliphatic hydroxyl groups is 1. The summed E-state index contributed by atoms with van der Waals surface area (Å²) in [6.45, 7) is 3.12. The number of rotatable bonds is 5. The Balaban J connectivity index is 1.51. The second kappa shape index (κ2) is 4.55. The molecule has 0 amide bonds. The Morgan fingerprint density at radius 1 is 1.18 bits per heavy atom. The highest BCUT2D eigenvalue weighted by molar-refractivity contribution is 4.98. The highest BCUT2D eigenvalue weighted by atomic mass is 16.3. The minimum atomic E-state index is -0.403. The lowest BCUT2D eigenvalue weighted by Gasteiger charge is -2.37. The number of hydrogen-bond donors (Lipinski definition) is 2. The largest absolute Gasteiger partial charge is 0.389 e. The van der Waals surface area contributed by atoms with Gasteiger partial charge >= 0.3 is 0 Å². The van der Waals surface area contributed by atoms with Gasteiger partial charge in [0.1, 0.15) is 0 Å². The van der Waals surface area contributed by atoms with Crippen LogP contribution in [0.1, 0.15) is 58.3 Å². The molecular weight excluding hydrogens is 210 g/mol. The van der Waals surface area contributed by atoms with Crippen molar-refractivity contribution in [3.63, 3.8) is 0 Å². The van der Waals surface area contributed by atoms with Gasteiger partial charge in [-0.3, -0.25) is 0 Å². The average molecular weight is 237 g/mol. The molecule has 3 saturated carbocycles. The fourth-order valence-corrected chi connectivity index (χ4v) is 3.73. The highest BCUT2D eigenvalue weighted by Gasteiger charge is 2.42. The van der Waals surface area contributed by atoms with E-state index in [0.29, 0.717) is 5.92 Å². The van der Waals surface area contributed by atoms with Crippen molar-refractivity contribution in [2.75, 3.05) is 6.54 Å². The van der Waals surface area contributed by atoms with Gasteiger partial charge in [-0.05, 0) is 56.3 Å². The van der Waals surface area contributed by atoms with Crippen molar-refractivity contribution in [2.45, 2.75) is 69.9 Å². The van der Waals surface area contributed by atoms with E-state index >= 15 is 0 Å². The van der Waals surface area contributed by atoms with E-state index in [1.54, 1.807) is 0 Å². The van der Waals surface area contributed by atoms with Gasteiger partial charge in [0.2, 0.25) is 0 Å². The summed E-state index contributed by atoms with van der Waals surface area (Å²) in [5.74, 6) is 2.58. The maximum absolute atomic E-state index is 10.6. The van der Waals surface area contributed by atoms with Crippen molar-refractivity contribution in [3.05, 3.63) is 0 Å². The van der Waals surface area contributed by atoms with Crippen LogP contribution >= 0.6 is 0 Å². The van der Waals surface area contributed by atoms with E-state index in [2.05, 4.69) is 12.2 Å². The number of hydrogen-bond acceptors (Lipinski definition) is 2. The molecule has 3 aliphatic carbocycles. The smallest absolute Gasteiger partial charge is 0.0774 e. The molecule has 0 heterocycles. The second-order valence-electron chi connectivity index (χ2n) is 7.01. The third kappa shape index (κ3) is 3.03. The van der Waals surface area contributed by atoms with E-state index in [1.165, 1.54) is 38.5 Å². The quantitative estimate of drug-likeness (QED) is 0.770. The third-order valence-electron chi connectivity index (χ3n) is 4.99. The van der Waals surface area contributed by atoms with Gasteiger partial charge in [-0.25, -0.2) is 0 Å². The van der Waals surface area contributed by atoms with Crippen molar-refractivity contribution >= 4 is 0 Å². The Morgan fingerprint density at radius 2 is 1.82 bits per heavy atom. The molecule has 2 unspecified atom stereocenters. The van der Waals surface area contributed by atoms with Crippen LogP contribution in [0.15, 0.2) is 0 Å². The average Bonchev–Trinajstić information content (AvgIpc) is 3.12. The molecule has 17 heavy (non-hydrogen) atoms. The van der Waals surface area contributed by atoms with Gasteiger partial charge in [-0.15, -0.1) is 0 Å². The van der Waals surface area contributed by atoms with Crippen molar-refractivity contribution in [2.24, 2.45) is 17.8 Å². The summed E-state index contributed by atoms with van der Waals surface area (Å²) in [4.78, 5) is 0. The second-order valence-corrected chi connectivity index (χ2v) is 7.01. The first-order chi connectivity index (χ1) is 8.16. The molecule has 0 spiro atoms. The molecule has 0 radical (unpaired) electrons. The van der Waals surface area contributed by atoms with Gasteiger partial charge in [0.05, 0.1) is 5.60 Å². The van der Waals surface area contributed by atoms with E-state index < -0.39 is 5.60 Å². The lowest BCUT2D eigenvalue weighted by molar-refractivity contribution is -0.0147. The summed E-state index contributed by atoms with van der Waals surface area (Å²) in [7, 11) is 0. The van der Waals surface area contributed by atoms with Crippen LogP contribution in [-0.2, 0) is 0 Å². The van der Waals surface area contributed by atoms with E-state index in [-0.39, 0.29) is 0 Å². The predicted octanol–water partition coefficient (Wildman–Crippen LogP) is 2.71. The first kappa shape index (κ1) is 12.0. The molecule has 3 fully saturated rings. The van der Waals surface area contributed by atoms with Gasteiger partial charge in [0, 0.05) is 12.6 Å². The monoisotopic (exact) mass is 237 g/mol. The van der Waals surface area contributed by atoms with Crippen molar-refractivity contribution in [1.29, 1.82) is 0 Å². The van der Waals surface area contributed by atoms with Crippen molar-refractivity contribution < 1.29 is 5.11 Å². The third-order valence-corrected chi connectivity index (χ3v) is 4.99. The zero-order chi connectivity index (χ0) is 11.9. The molecule has 2 nitrogen and oxygen atoms in total. The molecule has 0 saturated heterocycles. The molecule has 2 N–H and O–H groups in total. The van der Waals surface area contributed by atoms with Crippen LogP contribution in [0, 0.1) is 17.8 Å². The first-order valence-electron chi connectivity index (χ1n) is 7.62. The fourth-order valence-electron chi connectivity index (χ4n) is 3.73. The van der Waals surface area contributed by atoms with Crippen LogP contribution < -0.4 is 5.32 Å². The minimum Gasteiger partial charge on any atom is -0.389 e. The van der Waals surface area contributed by atoms with Gasteiger partial charge in [0.25, 0.3) is 0 Å². The van der Waals surface area contributed by atoms with Crippen LogP contribution in [-0.4, -0.2) is 23.3 Å². The fraction of sp³-hybridized carbons (Fsp3) is 1.00. The lowest BCUT2D eigenvalue weighted by Crippen LogP contribution is -2.48. The SMILES string of the molecule is CC1CCCC(O)(CNC(C2CC2)C2CC2)C1. The Kier molecular flexibility index (Phi) is 3.20. The molecule has 3 aliphatic rings. The lowest BCUT2D eigenvalue weighted by atomic mass is 9.79. The first-order valence-corrected chi connectivity index (χ1v) is 7.62. The van der Waals surface area contributed by atoms with E-state index in [4.69, 9.17) is 0 Å². The molecule has 2 heteroatoms. The Bertz CT molecular complexity index is 260.